The molecule has 0 radical (unpaired) electrons. The highest BCUT2D eigenvalue weighted by Gasteiger charge is 2.20. The molecule has 2 aliphatic rings. The molecule has 3 rings (SSSR count). The number of carbonyl (C=O) groups is 1. The normalized spacial score (nSPS) is 22.6. The van der Waals surface area contributed by atoms with Crippen LogP contribution in [0, 0.1) is 0 Å². The molecule has 0 saturated carbocycles. The summed E-state index contributed by atoms with van der Waals surface area (Å²) in [4.78, 5) is 14.7. The maximum atomic E-state index is 12.2. The fourth-order valence-corrected chi connectivity index (χ4v) is 3.45. The molecule has 1 aromatic carbocycles. The predicted octanol–water partition coefficient (Wildman–Crippen LogP) is 2.04. The van der Waals surface area contributed by atoms with Crippen LogP contribution in [-0.4, -0.2) is 36.5 Å². The van der Waals surface area contributed by atoms with E-state index in [2.05, 4.69) is 39.8 Å². The Morgan fingerprint density at radius 3 is 2.64 bits per heavy atom. The van der Waals surface area contributed by atoms with E-state index in [1.165, 1.54) is 43.5 Å². The molecule has 4 heteroatoms. The number of amides is 1. The average molecular weight is 301 g/mol. The van der Waals surface area contributed by atoms with E-state index in [-0.39, 0.29) is 11.9 Å². The molecule has 1 amide bonds. The van der Waals surface area contributed by atoms with Gasteiger partial charge in [-0.15, -0.1) is 0 Å². The van der Waals surface area contributed by atoms with Crippen LogP contribution < -0.4 is 10.6 Å². The largest absolute Gasteiger partial charge is 0.351 e. The molecule has 22 heavy (non-hydrogen) atoms. The monoisotopic (exact) mass is 301 g/mol. The molecule has 0 bridgehead atoms. The highest BCUT2D eigenvalue weighted by Crippen LogP contribution is 2.16. The van der Waals surface area contributed by atoms with Crippen molar-refractivity contribution < 1.29 is 4.79 Å². The average Bonchev–Trinajstić information content (AvgIpc) is 3.07. The van der Waals surface area contributed by atoms with Crippen molar-refractivity contribution in [1.82, 2.24) is 15.5 Å². The van der Waals surface area contributed by atoms with Gasteiger partial charge < -0.3 is 10.6 Å². The van der Waals surface area contributed by atoms with Crippen LogP contribution in [0.3, 0.4) is 0 Å². The van der Waals surface area contributed by atoms with E-state index in [1.807, 2.05) is 0 Å². The first-order valence-corrected chi connectivity index (χ1v) is 8.63. The van der Waals surface area contributed by atoms with E-state index in [4.69, 9.17) is 0 Å². The van der Waals surface area contributed by atoms with Crippen molar-refractivity contribution in [3.63, 3.8) is 0 Å². The lowest BCUT2D eigenvalue weighted by Crippen LogP contribution is -2.46. The lowest BCUT2D eigenvalue weighted by molar-refractivity contribution is -0.123. The Labute approximate surface area is 133 Å². The van der Waals surface area contributed by atoms with Gasteiger partial charge >= 0.3 is 0 Å². The molecule has 1 unspecified atom stereocenters. The maximum Gasteiger partial charge on any atom is 0.237 e. The quantitative estimate of drug-likeness (QED) is 0.875. The molecular formula is C18H27N3O. The van der Waals surface area contributed by atoms with Crippen LogP contribution in [0.2, 0.25) is 0 Å². The van der Waals surface area contributed by atoms with Gasteiger partial charge in [-0.2, -0.15) is 0 Å². The van der Waals surface area contributed by atoms with Crippen molar-refractivity contribution in [3.05, 3.63) is 35.4 Å². The second kappa shape index (κ2) is 7.75. The third kappa shape index (κ3) is 4.08. The Hall–Kier alpha value is -1.39. The Kier molecular flexibility index (Phi) is 5.46. The van der Waals surface area contributed by atoms with Gasteiger partial charge in [0.05, 0.1) is 6.04 Å². The number of hydrogen-bond acceptors (Lipinski definition) is 3. The number of likely N-dealkylation sites (tertiary alicyclic amines) is 1. The summed E-state index contributed by atoms with van der Waals surface area (Å²) in [7, 11) is 0. The van der Waals surface area contributed by atoms with Crippen LogP contribution >= 0.6 is 0 Å². The maximum absolute atomic E-state index is 12.2. The van der Waals surface area contributed by atoms with Gasteiger partial charge in [0.1, 0.15) is 0 Å². The van der Waals surface area contributed by atoms with Gasteiger partial charge in [-0.05, 0) is 56.4 Å². The first-order valence-electron chi connectivity index (χ1n) is 8.63. The number of rotatable bonds is 5. The fraction of sp³-hybridized carbons (Fsp3) is 0.611. The van der Waals surface area contributed by atoms with Gasteiger partial charge in [-0.1, -0.05) is 30.7 Å². The van der Waals surface area contributed by atoms with E-state index in [0.29, 0.717) is 6.54 Å². The zero-order valence-electron chi connectivity index (χ0n) is 13.3. The van der Waals surface area contributed by atoms with Crippen LogP contribution in [0.5, 0.6) is 0 Å². The Morgan fingerprint density at radius 1 is 1.14 bits per heavy atom. The van der Waals surface area contributed by atoms with Crippen LogP contribution in [0.1, 0.15) is 43.2 Å². The molecule has 2 saturated heterocycles. The molecule has 0 aromatic heterocycles. The lowest BCUT2D eigenvalue weighted by atomic mass is 10.0. The fourth-order valence-electron chi connectivity index (χ4n) is 3.45. The minimum Gasteiger partial charge on any atom is -0.351 e. The second-order valence-corrected chi connectivity index (χ2v) is 6.47. The molecular weight excluding hydrogens is 274 g/mol. The molecule has 0 aliphatic carbocycles. The van der Waals surface area contributed by atoms with Crippen molar-refractivity contribution in [2.45, 2.75) is 51.2 Å². The summed E-state index contributed by atoms with van der Waals surface area (Å²) < 4.78 is 0. The summed E-state index contributed by atoms with van der Waals surface area (Å²) in [6.45, 7) is 5.01. The summed E-state index contributed by atoms with van der Waals surface area (Å²) >= 11 is 0. The van der Waals surface area contributed by atoms with Crippen molar-refractivity contribution in [1.29, 1.82) is 0 Å². The number of hydrogen-bond donors (Lipinski definition) is 2. The van der Waals surface area contributed by atoms with Crippen molar-refractivity contribution in [3.8, 4) is 0 Å². The third-order valence-corrected chi connectivity index (χ3v) is 4.79. The minimum atomic E-state index is -0.000468. The second-order valence-electron chi connectivity index (χ2n) is 6.47. The number of carbonyl (C=O) groups excluding carboxylic acids is 1. The molecule has 2 heterocycles. The zero-order valence-corrected chi connectivity index (χ0v) is 13.3. The van der Waals surface area contributed by atoms with Gasteiger partial charge in [0.25, 0.3) is 0 Å². The van der Waals surface area contributed by atoms with E-state index in [9.17, 15) is 4.79 Å². The summed E-state index contributed by atoms with van der Waals surface area (Å²) in [6, 6.07) is 8.49. The molecule has 2 aliphatic heterocycles. The van der Waals surface area contributed by atoms with Crippen LogP contribution in [0.15, 0.2) is 24.3 Å². The topological polar surface area (TPSA) is 44.4 Å². The Bertz CT molecular complexity index is 491. The van der Waals surface area contributed by atoms with Crippen molar-refractivity contribution >= 4 is 5.91 Å². The zero-order chi connectivity index (χ0) is 15.2. The molecule has 120 valence electrons. The summed E-state index contributed by atoms with van der Waals surface area (Å²) in [5.74, 6) is 0.149. The number of nitrogens with one attached hydrogen (secondary N) is 2. The molecule has 2 fully saturated rings. The third-order valence-electron chi connectivity index (χ3n) is 4.79. The van der Waals surface area contributed by atoms with Gasteiger partial charge in [0, 0.05) is 13.1 Å². The molecule has 1 atom stereocenters. The summed E-state index contributed by atoms with van der Waals surface area (Å²) in [6.07, 6.45) is 5.92. The van der Waals surface area contributed by atoms with Crippen molar-refractivity contribution in [2.24, 2.45) is 0 Å². The highest BCUT2D eigenvalue weighted by atomic mass is 16.2. The summed E-state index contributed by atoms with van der Waals surface area (Å²) in [5, 5.41) is 6.42. The first kappa shape index (κ1) is 15.5. The first-order chi connectivity index (χ1) is 10.8. The standard InChI is InChI=1S/C18H27N3O/c22-18(17-9-3-4-10-19-17)20-13-15-7-1-2-8-16(15)14-21-11-5-6-12-21/h1-2,7-8,17,19H,3-6,9-14H2,(H,20,22). The molecule has 2 N–H and O–H groups in total. The van der Waals surface area contributed by atoms with E-state index >= 15 is 0 Å². The van der Waals surface area contributed by atoms with Gasteiger partial charge in [-0.3, -0.25) is 9.69 Å². The van der Waals surface area contributed by atoms with Gasteiger partial charge in [-0.25, -0.2) is 0 Å². The summed E-state index contributed by atoms with van der Waals surface area (Å²) in [5.41, 5.74) is 2.60. The number of benzene rings is 1. The van der Waals surface area contributed by atoms with Crippen LogP contribution in [0.25, 0.3) is 0 Å². The number of nitrogens with zero attached hydrogens (tertiary/aromatic N) is 1. The SMILES string of the molecule is O=C(NCc1ccccc1CN1CCCC1)C1CCCCN1. The lowest BCUT2D eigenvalue weighted by Gasteiger charge is -2.23. The predicted molar refractivity (Wildman–Crippen MR) is 88.4 cm³/mol. The van der Waals surface area contributed by atoms with Crippen molar-refractivity contribution in [2.75, 3.05) is 19.6 Å². The Morgan fingerprint density at radius 2 is 1.91 bits per heavy atom. The van der Waals surface area contributed by atoms with E-state index < -0.39 is 0 Å². The smallest absolute Gasteiger partial charge is 0.237 e. The highest BCUT2D eigenvalue weighted by molar-refractivity contribution is 5.81. The van der Waals surface area contributed by atoms with Gasteiger partial charge in [0.15, 0.2) is 0 Å². The van der Waals surface area contributed by atoms with E-state index in [0.717, 1.165) is 25.9 Å². The van der Waals surface area contributed by atoms with Gasteiger partial charge in [0.2, 0.25) is 5.91 Å². The Balaban J connectivity index is 1.56. The molecule has 4 nitrogen and oxygen atoms in total. The molecule has 0 spiro atoms. The van der Waals surface area contributed by atoms with Crippen LogP contribution in [0.4, 0.5) is 0 Å². The minimum absolute atomic E-state index is 0.000468. The molecule has 1 aromatic rings. The van der Waals surface area contributed by atoms with E-state index in [1.54, 1.807) is 0 Å². The van der Waals surface area contributed by atoms with Crippen LogP contribution in [-0.2, 0) is 17.9 Å². The number of piperidine rings is 1.